The molecule has 0 rings (SSSR count). The zero-order valence-electron chi connectivity index (χ0n) is 14.5. The van der Waals surface area contributed by atoms with E-state index in [1.165, 1.54) is 4.90 Å². The topological polar surface area (TPSA) is 190 Å². The largest absolute Gasteiger partial charge is 0.480 e. The summed E-state index contributed by atoms with van der Waals surface area (Å²) in [5.41, 5.74) is 5.49. The molecule has 0 aromatic rings. The van der Waals surface area contributed by atoms with Gasteiger partial charge in [0.05, 0.1) is 26.2 Å². The molecule has 0 bridgehead atoms. The van der Waals surface area contributed by atoms with Crippen LogP contribution in [0.4, 0.5) is 0 Å². The second-order valence-corrected chi connectivity index (χ2v) is 5.93. The van der Waals surface area contributed by atoms with Gasteiger partial charge in [0.25, 0.3) is 0 Å². The molecule has 0 saturated heterocycles. The van der Waals surface area contributed by atoms with Gasteiger partial charge in [-0.25, -0.2) is 9.59 Å². The van der Waals surface area contributed by atoms with Crippen molar-refractivity contribution in [3.8, 4) is 0 Å². The van der Waals surface area contributed by atoms with Crippen molar-refractivity contribution in [1.29, 1.82) is 0 Å². The minimum atomic E-state index is -1.15. The van der Waals surface area contributed by atoms with Gasteiger partial charge >= 0.3 is 23.9 Å². The van der Waals surface area contributed by atoms with Crippen LogP contribution in [0.25, 0.3) is 0 Å². The van der Waals surface area contributed by atoms with Gasteiger partial charge in [0.2, 0.25) is 0 Å². The Hall–Kier alpha value is -2.28. The van der Waals surface area contributed by atoms with Gasteiger partial charge in [-0.2, -0.15) is 0 Å². The Kier molecular flexibility index (Phi) is 11.1. The maximum absolute atomic E-state index is 11.1. The van der Waals surface area contributed by atoms with Crippen LogP contribution < -0.4 is 11.1 Å². The van der Waals surface area contributed by atoms with Gasteiger partial charge in [-0.05, 0) is 0 Å². The van der Waals surface area contributed by atoms with Crippen molar-refractivity contribution in [2.24, 2.45) is 5.73 Å². The standard InChI is InChI=1S/C14H26N4O8/c15-1-5-18(9-13(23)24,10-14(25)26)6-3-16-2-4-17(7-11(19)20)8-12(21)22/h16H,1-10,15H2,(H3-,19,20,21,22,23,24,25,26)/p+1. The monoisotopic (exact) mass is 379 g/mol. The first-order valence-corrected chi connectivity index (χ1v) is 7.95. The summed E-state index contributed by atoms with van der Waals surface area (Å²) >= 11 is 0. The van der Waals surface area contributed by atoms with Crippen LogP contribution in [0, 0.1) is 0 Å². The number of nitrogens with one attached hydrogen (secondary N) is 1. The van der Waals surface area contributed by atoms with Gasteiger partial charge in [-0.15, -0.1) is 0 Å². The van der Waals surface area contributed by atoms with Crippen LogP contribution in [0.15, 0.2) is 0 Å². The molecule has 0 aliphatic rings. The van der Waals surface area contributed by atoms with Crippen molar-refractivity contribution >= 4 is 23.9 Å². The smallest absolute Gasteiger partial charge is 0.359 e. The summed E-state index contributed by atoms with van der Waals surface area (Å²) in [6.45, 7) is -0.377. The molecular formula is C14H27N4O8+. The van der Waals surface area contributed by atoms with E-state index in [0.29, 0.717) is 0 Å². The Balaban J connectivity index is 4.59. The lowest BCUT2D eigenvalue weighted by atomic mass is 10.3. The molecular weight excluding hydrogens is 352 g/mol. The first-order valence-electron chi connectivity index (χ1n) is 7.95. The number of aliphatic carboxylic acids is 4. The number of carboxylic acid groups (broad SMARTS) is 4. The Morgan fingerprint density at radius 3 is 1.69 bits per heavy atom. The molecule has 0 saturated carbocycles. The summed E-state index contributed by atoms with van der Waals surface area (Å²) in [7, 11) is 0. The quantitative estimate of drug-likeness (QED) is 0.118. The minimum absolute atomic E-state index is 0.131. The van der Waals surface area contributed by atoms with Crippen LogP contribution in [0.2, 0.25) is 0 Å². The highest BCUT2D eigenvalue weighted by molar-refractivity contribution is 5.72. The average Bonchev–Trinajstić information content (AvgIpc) is 2.44. The van der Waals surface area contributed by atoms with E-state index in [0.717, 1.165) is 0 Å². The average molecular weight is 379 g/mol. The van der Waals surface area contributed by atoms with Gasteiger partial charge in [0, 0.05) is 26.2 Å². The predicted octanol–water partition coefficient (Wildman–Crippen LogP) is -3.01. The highest BCUT2D eigenvalue weighted by Gasteiger charge is 2.32. The van der Waals surface area contributed by atoms with Crippen molar-refractivity contribution < 1.29 is 44.1 Å². The van der Waals surface area contributed by atoms with Crippen molar-refractivity contribution in [2.75, 3.05) is 65.4 Å². The second-order valence-electron chi connectivity index (χ2n) is 5.93. The van der Waals surface area contributed by atoms with Crippen molar-refractivity contribution in [3.63, 3.8) is 0 Å². The highest BCUT2D eigenvalue weighted by atomic mass is 16.4. The molecule has 0 aromatic carbocycles. The van der Waals surface area contributed by atoms with Gasteiger partial charge < -0.3 is 36.0 Å². The number of nitrogens with two attached hydrogens (primary N) is 1. The summed E-state index contributed by atoms with van der Waals surface area (Å²) in [5, 5.41) is 38.5. The van der Waals surface area contributed by atoms with Gasteiger partial charge in [0.1, 0.15) is 0 Å². The van der Waals surface area contributed by atoms with Crippen LogP contribution in [0.1, 0.15) is 0 Å². The number of carboxylic acids is 4. The number of hydrogen-bond acceptors (Lipinski definition) is 7. The summed E-state index contributed by atoms with van der Waals surface area (Å²) in [6, 6.07) is 0. The summed E-state index contributed by atoms with van der Waals surface area (Å²) in [5.74, 6) is -4.55. The van der Waals surface area contributed by atoms with Gasteiger partial charge in [-0.3, -0.25) is 14.5 Å². The van der Waals surface area contributed by atoms with Gasteiger partial charge in [0.15, 0.2) is 13.1 Å². The summed E-state index contributed by atoms with van der Waals surface area (Å²) in [4.78, 5) is 44.8. The molecule has 0 aromatic heterocycles. The fourth-order valence-corrected chi connectivity index (χ4v) is 2.61. The van der Waals surface area contributed by atoms with E-state index >= 15 is 0 Å². The fraction of sp³-hybridized carbons (Fsp3) is 0.714. The number of hydrogen-bond donors (Lipinski definition) is 6. The van der Waals surface area contributed by atoms with Gasteiger partial charge in [-0.1, -0.05) is 0 Å². The summed E-state index contributed by atoms with van der Waals surface area (Å²) < 4.78 is -0.220. The van der Waals surface area contributed by atoms with Crippen molar-refractivity contribution in [3.05, 3.63) is 0 Å². The molecule has 0 heterocycles. The van der Waals surface area contributed by atoms with E-state index in [1.807, 2.05) is 0 Å². The predicted molar refractivity (Wildman–Crippen MR) is 88.6 cm³/mol. The number of carbonyl (C=O) groups is 4. The third-order valence-electron chi connectivity index (χ3n) is 3.63. The number of quaternary nitrogens is 1. The van der Waals surface area contributed by atoms with E-state index in [9.17, 15) is 19.2 Å². The maximum Gasteiger partial charge on any atom is 0.359 e. The molecule has 0 aliphatic heterocycles. The van der Waals surface area contributed by atoms with Crippen LogP contribution in [0.3, 0.4) is 0 Å². The van der Waals surface area contributed by atoms with Crippen LogP contribution in [-0.2, 0) is 19.2 Å². The Morgan fingerprint density at radius 2 is 1.31 bits per heavy atom. The molecule has 0 fully saturated rings. The van der Waals surface area contributed by atoms with E-state index in [4.69, 9.17) is 26.2 Å². The van der Waals surface area contributed by atoms with Crippen LogP contribution in [0.5, 0.6) is 0 Å². The molecule has 7 N–H and O–H groups in total. The van der Waals surface area contributed by atoms with Crippen LogP contribution >= 0.6 is 0 Å². The summed E-state index contributed by atoms with van der Waals surface area (Å²) in [6.07, 6.45) is 0. The fourth-order valence-electron chi connectivity index (χ4n) is 2.61. The number of nitrogens with zero attached hydrogens (tertiary/aromatic N) is 2. The Morgan fingerprint density at radius 1 is 0.808 bits per heavy atom. The molecule has 150 valence electrons. The zero-order chi connectivity index (χ0) is 20.2. The van der Waals surface area contributed by atoms with E-state index in [-0.39, 0.29) is 56.8 Å². The molecule has 0 atom stereocenters. The van der Waals surface area contributed by atoms with Crippen LogP contribution in [-0.4, -0.2) is 119 Å². The SMILES string of the molecule is NCC[N+](CCNCCN(CC(=O)O)CC(=O)O)(CC(=O)O)CC(=O)O. The lowest BCUT2D eigenvalue weighted by Crippen LogP contribution is -2.58. The molecule has 12 heteroatoms. The molecule has 0 radical (unpaired) electrons. The third kappa shape index (κ3) is 11.3. The molecule has 12 nitrogen and oxygen atoms in total. The zero-order valence-corrected chi connectivity index (χ0v) is 14.5. The second kappa shape index (κ2) is 12.1. The molecule has 26 heavy (non-hydrogen) atoms. The molecule has 0 aliphatic carbocycles. The lowest BCUT2D eigenvalue weighted by Gasteiger charge is -2.35. The molecule has 0 amide bonds. The van der Waals surface area contributed by atoms with Crippen molar-refractivity contribution in [1.82, 2.24) is 10.2 Å². The molecule has 0 unspecified atom stereocenters. The Labute approximate surface area is 150 Å². The molecule has 0 spiro atoms. The van der Waals surface area contributed by atoms with E-state index in [2.05, 4.69) is 5.32 Å². The van der Waals surface area contributed by atoms with Crippen molar-refractivity contribution in [2.45, 2.75) is 0 Å². The van der Waals surface area contributed by atoms with E-state index in [1.54, 1.807) is 0 Å². The Bertz CT molecular complexity index is 467. The first kappa shape index (κ1) is 23.7. The normalized spacial score (nSPS) is 11.5. The number of rotatable bonds is 16. The first-order chi connectivity index (χ1) is 12.1. The minimum Gasteiger partial charge on any atom is -0.480 e. The lowest BCUT2D eigenvalue weighted by molar-refractivity contribution is -0.912. The maximum atomic E-state index is 11.1. The third-order valence-corrected chi connectivity index (χ3v) is 3.63. The highest BCUT2D eigenvalue weighted by Crippen LogP contribution is 2.05. The van der Waals surface area contributed by atoms with E-state index < -0.39 is 37.0 Å².